The number of rotatable bonds is 7. The third kappa shape index (κ3) is 3.17. The summed E-state index contributed by atoms with van der Waals surface area (Å²) in [6.45, 7) is 4.14. The van der Waals surface area contributed by atoms with Crippen LogP contribution < -0.4 is 4.74 Å². The molecule has 0 atom stereocenters. The van der Waals surface area contributed by atoms with Crippen molar-refractivity contribution in [2.75, 3.05) is 0 Å². The largest absolute Gasteiger partial charge is 0.475 e. The topological polar surface area (TPSA) is 98.6 Å². The summed E-state index contributed by atoms with van der Waals surface area (Å²) in [4.78, 5) is 10.7. The van der Waals surface area contributed by atoms with Gasteiger partial charge in [-0.25, -0.2) is 4.79 Å². The first-order valence-electron chi connectivity index (χ1n) is 6.38. The van der Waals surface area contributed by atoms with Gasteiger partial charge in [0, 0.05) is 0 Å². The number of aryl methyl sites for hydroxylation is 2. The van der Waals surface area contributed by atoms with Gasteiger partial charge in [-0.2, -0.15) is 0 Å². The predicted molar refractivity (Wildman–Crippen MR) is 67.6 cm³/mol. The van der Waals surface area contributed by atoms with Crippen molar-refractivity contribution in [2.45, 2.75) is 39.7 Å². The van der Waals surface area contributed by atoms with E-state index in [4.69, 9.17) is 14.4 Å². The lowest BCUT2D eigenvalue weighted by molar-refractivity contribution is 0.0651. The van der Waals surface area contributed by atoms with Crippen LogP contribution in [0.5, 0.6) is 5.88 Å². The number of carboxylic acids is 1. The fourth-order valence-corrected chi connectivity index (χ4v) is 1.74. The van der Waals surface area contributed by atoms with Crippen LogP contribution in [0.1, 0.15) is 47.3 Å². The van der Waals surface area contributed by atoms with Gasteiger partial charge in [0.05, 0.1) is 17.3 Å². The second-order valence-electron chi connectivity index (χ2n) is 4.39. The lowest BCUT2D eigenvalue weighted by Crippen LogP contribution is -2.00. The standard InChI is InChI=1S/C13H16N2O5/c1-3-4-5-10-9(8(2)19-14-10)7-18-12-6-11(13(16)17)20-15-12/h6H,3-5,7H2,1-2H3,(H,16,17). The van der Waals surface area contributed by atoms with Crippen molar-refractivity contribution < 1.29 is 23.7 Å². The Morgan fingerprint density at radius 2 is 2.20 bits per heavy atom. The molecule has 0 aromatic carbocycles. The zero-order chi connectivity index (χ0) is 14.5. The summed E-state index contributed by atoms with van der Waals surface area (Å²) in [7, 11) is 0. The molecule has 0 bridgehead atoms. The van der Waals surface area contributed by atoms with Crippen LogP contribution in [0.15, 0.2) is 15.1 Å². The molecule has 0 fully saturated rings. The predicted octanol–water partition coefficient (Wildman–Crippen LogP) is 2.59. The number of aromatic carboxylic acids is 1. The van der Waals surface area contributed by atoms with Crippen LogP contribution in [-0.2, 0) is 13.0 Å². The lowest BCUT2D eigenvalue weighted by atomic mass is 10.1. The Hall–Kier alpha value is -2.31. The lowest BCUT2D eigenvalue weighted by Gasteiger charge is -2.02. The van der Waals surface area contributed by atoms with E-state index >= 15 is 0 Å². The van der Waals surface area contributed by atoms with Gasteiger partial charge < -0.3 is 18.9 Å². The minimum absolute atomic E-state index is 0.129. The van der Waals surface area contributed by atoms with Crippen molar-refractivity contribution in [2.24, 2.45) is 0 Å². The average molecular weight is 280 g/mol. The van der Waals surface area contributed by atoms with Crippen LogP contribution in [0, 0.1) is 6.92 Å². The van der Waals surface area contributed by atoms with Crippen LogP contribution in [0.3, 0.4) is 0 Å². The fourth-order valence-electron chi connectivity index (χ4n) is 1.74. The smallest absolute Gasteiger partial charge is 0.374 e. The van der Waals surface area contributed by atoms with E-state index in [1.165, 1.54) is 6.07 Å². The Bertz CT molecular complexity index is 587. The summed E-state index contributed by atoms with van der Waals surface area (Å²) < 4.78 is 15.2. The van der Waals surface area contributed by atoms with E-state index in [0.717, 1.165) is 30.5 Å². The minimum atomic E-state index is -1.18. The van der Waals surface area contributed by atoms with Gasteiger partial charge in [0.1, 0.15) is 12.4 Å². The summed E-state index contributed by atoms with van der Waals surface area (Å²) >= 11 is 0. The Kier molecular flexibility index (Phi) is 4.39. The highest BCUT2D eigenvalue weighted by Gasteiger charge is 2.16. The first kappa shape index (κ1) is 14.1. The van der Waals surface area contributed by atoms with Gasteiger partial charge in [-0.3, -0.25) is 0 Å². The van der Waals surface area contributed by atoms with Crippen LogP contribution in [0.2, 0.25) is 0 Å². The highest BCUT2D eigenvalue weighted by molar-refractivity contribution is 5.84. The highest BCUT2D eigenvalue weighted by atomic mass is 16.5. The molecule has 7 nitrogen and oxygen atoms in total. The second kappa shape index (κ2) is 6.23. The maximum atomic E-state index is 10.7. The SMILES string of the molecule is CCCCc1noc(C)c1COc1cc(C(=O)O)on1. The van der Waals surface area contributed by atoms with Gasteiger partial charge >= 0.3 is 5.97 Å². The number of carbonyl (C=O) groups is 1. The van der Waals surface area contributed by atoms with Crippen molar-refractivity contribution in [1.29, 1.82) is 0 Å². The number of hydrogen-bond acceptors (Lipinski definition) is 6. The summed E-state index contributed by atoms with van der Waals surface area (Å²) in [6, 6.07) is 1.23. The van der Waals surface area contributed by atoms with Crippen molar-refractivity contribution >= 4 is 5.97 Å². The molecule has 2 aromatic rings. The Balaban J connectivity index is 2.02. The zero-order valence-electron chi connectivity index (χ0n) is 11.4. The number of hydrogen-bond donors (Lipinski definition) is 1. The van der Waals surface area contributed by atoms with E-state index < -0.39 is 5.97 Å². The van der Waals surface area contributed by atoms with Crippen molar-refractivity contribution in [3.63, 3.8) is 0 Å². The van der Waals surface area contributed by atoms with Gasteiger partial charge in [-0.1, -0.05) is 18.5 Å². The third-order valence-corrected chi connectivity index (χ3v) is 2.90. The highest BCUT2D eigenvalue weighted by Crippen LogP contribution is 2.19. The molecule has 1 N–H and O–H groups in total. The fraction of sp³-hybridized carbons (Fsp3) is 0.462. The molecule has 2 heterocycles. The molecule has 0 aliphatic heterocycles. The van der Waals surface area contributed by atoms with E-state index in [-0.39, 0.29) is 18.2 Å². The van der Waals surface area contributed by atoms with E-state index in [9.17, 15) is 4.79 Å². The monoisotopic (exact) mass is 280 g/mol. The molecule has 0 radical (unpaired) electrons. The summed E-state index contributed by atoms with van der Waals surface area (Å²) in [5, 5.41) is 16.3. The second-order valence-corrected chi connectivity index (χ2v) is 4.39. The Morgan fingerprint density at radius 1 is 1.40 bits per heavy atom. The molecular weight excluding hydrogens is 264 g/mol. The quantitative estimate of drug-likeness (QED) is 0.832. The molecule has 2 aromatic heterocycles. The van der Waals surface area contributed by atoms with E-state index in [2.05, 4.69) is 21.8 Å². The Morgan fingerprint density at radius 3 is 2.85 bits per heavy atom. The first-order valence-corrected chi connectivity index (χ1v) is 6.38. The van der Waals surface area contributed by atoms with Crippen molar-refractivity contribution in [1.82, 2.24) is 10.3 Å². The number of carboxylic acid groups (broad SMARTS) is 1. The molecule has 108 valence electrons. The molecule has 0 spiro atoms. The molecule has 7 heteroatoms. The summed E-state index contributed by atoms with van der Waals surface area (Å²) in [5.41, 5.74) is 1.74. The molecule has 0 aliphatic carbocycles. The molecule has 2 rings (SSSR count). The van der Waals surface area contributed by atoms with E-state index in [1.54, 1.807) is 0 Å². The minimum Gasteiger partial charge on any atom is -0.475 e. The van der Waals surface area contributed by atoms with E-state index in [1.807, 2.05) is 6.92 Å². The molecule has 20 heavy (non-hydrogen) atoms. The molecule has 0 amide bonds. The normalized spacial score (nSPS) is 10.7. The molecule has 0 unspecified atom stereocenters. The average Bonchev–Trinajstić information content (AvgIpc) is 3.01. The van der Waals surface area contributed by atoms with Crippen molar-refractivity contribution in [3.05, 3.63) is 28.8 Å². The summed E-state index contributed by atoms with van der Waals surface area (Å²) in [6.07, 6.45) is 2.91. The maximum absolute atomic E-state index is 10.7. The van der Waals surface area contributed by atoms with Gasteiger partial charge in [0.25, 0.3) is 5.88 Å². The van der Waals surface area contributed by atoms with Crippen molar-refractivity contribution in [3.8, 4) is 5.88 Å². The molecule has 0 aliphatic rings. The summed E-state index contributed by atoms with van der Waals surface area (Å²) in [5.74, 6) is -0.618. The van der Waals surface area contributed by atoms with Gasteiger partial charge in [0.15, 0.2) is 0 Å². The van der Waals surface area contributed by atoms with Crippen LogP contribution in [-0.4, -0.2) is 21.4 Å². The molecule has 0 saturated heterocycles. The van der Waals surface area contributed by atoms with Gasteiger partial charge in [0.2, 0.25) is 5.76 Å². The molecule has 0 saturated carbocycles. The number of unbranched alkanes of at least 4 members (excludes halogenated alkanes) is 1. The van der Waals surface area contributed by atoms with Crippen LogP contribution >= 0.6 is 0 Å². The van der Waals surface area contributed by atoms with E-state index in [0.29, 0.717) is 5.76 Å². The zero-order valence-corrected chi connectivity index (χ0v) is 11.4. The van der Waals surface area contributed by atoms with Gasteiger partial charge in [-0.05, 0) is 24.9 Å². The Labute approximate surface area is 115 Å². The van der Waals surface area contributed by atoms with Crippen LogP contribution in [0.25, 0.3) is 0 Å². The van der Waals surface area contributed by atoms with Crippen LogP contribution in [0.4, 0.5) is 0 Å². The number of nitrogens with zero attached hydrogens (tertiary/aromatic N) is 2. The molecular formula is C13H16N2O5. The first-order chi connectivity index (χ1) is 9.61. The number of aromatic nitrogens is 2. The third-order valence-electron chi connectivity index (χ3n) is 2.90. The van der Waals surface area contributed by atoms with Gasteiger partial charge in [-0.15, -0.1) is 0 Å². The number of ether oxygens (including phenoxy) is 1. The maximum Gasteiger partial charge on any atom is 0.374 e.